The van der Waals surface area contributed by atoms with Gasteiger partial charge in [0.05, 0.1) is 12.8 Å². The quantitative estimate of drug-likeness (QED) is 0.874. The van der Waals surface area contributed by atoms with Crippen LogP contribution in [0.25, 0.3) is 0 Å². The first kappa shape index (κ1) is 13.1. The first-order chi connectivity index (χ1) is 9.83. The molecule has 0 aliphatic heterocycles. The van der Waals surface area contributed by atoms with Crippen LogP contribution in [-0.4, -0.2) is 23.1 Å². The summed E-state index contributed by atoms with van der Waals surface area (Å²) in [5.74, 6) is 1.74. The van der Waals surface area contributed by atoms with Gasteiger partial charge in [-0.2, -0.15) is 0 Å². The molecule has 1 heterocycles. The van der Waals surface area contributed by atoms with Crippen molar-refractivity contribution < 1.29 is 4.74 Å². The van der Waals surface area contributed by atoms with E-state index in [-0.39, 0.29) is 0 Å². The van der Waals surface area contributed by atoms with Gasteiger partial charge in [-0.15, -0.1) is 0 Å². The van der Waals surface area contributed by atoms with Crippen LogP contribution >= 0.6 is 0 Å². The molecule has 1 saturated carbocycles. The van der Waals surface area contributed by atoms with Crippen molar-refractivity contribution in [3.05, 3.63) is 53.6 Å². The molecule has 0 bridgehead atoms. The van der Waals surface area contributed by atoms with Crippen molar-refractivity contribution in [2.24, 2.45) is 0 Å². The Labute approximate surface area is 119 Å². The lowest BCUT2D eigenvalue weighted by molar-refractivity contribution is 0.414. The molecule has 20 heavy (non-hydrogen) atoms. The van der Waals surface area contributed by atoms with E-state index in [1.54, 1.807) is 7.11 Å². The van der Waals surface area contributed by atoms with E-state index in [1.807, 2.05) is 24.4 Å². The lowest BCUT2D eigenvalue weighted by Crippen LogP contribution is -2.16. The highest BCUT2D eigenvalue weighted by Gasteiger charge is 2.20. The number of nitrogens with one attached hydrogen (secondary N) is 1. The van der Waals surface area contributed by atoms with E-state index in [0.717, 1.165) is 30.2 Å². The van der Waals surface area contributed by atoms with Crippen molar-refractivity contribution >= 4 is 0 Å². The van der Waals surface area contributed by atoms with E-state index < -0.39 is 0 Å². The topological polar surface area (TPSA) is 47.0 Å². The number of ether oxygens (including phenoxy) is 1. The third kappa shape index (κ3) is 3.54. The molecule has 4 heteroatoms. The molecule has 1 aliphatic rings. The third-order valence-corrected chi connectivity index (χ3v) is 3.43. The molecule has 1 aromatic heterocycles. The molecule has 2 aromatic rings. The van der Waals surface area contributed by atoms with Crippen LogP contribution in [0.1, 0.15) is 29.9 Å². The van der Waals surface area contributed by atoms with E-state index in [1.165, 1.54) is 18.4 Å². The van der Waals surface area contributed by atoms with Crippen LogP contribution in [0.5, 0.6) is 5.75 Å². The molecule has 4 nitrogen and oxygen atoms in total. The molecule has 1 N–H and O–H groups in total. The molecule has 1 aromatic carbocycles. The Hall–Kier alpha value is -1.94. The van der Waals surface area contributed by atoms with Gasteiger partial charge in [0.25, 0.3) is 0 Å². The first-order valence-electron chi connectivity index (χ1n) is 7.00. The molecule has 0 saturated heterocycles. The second-order valence-electron chi connectivity index (χ2n) is 5.14. The number of methoxy groups -OCH3 is 1. The fraction of sp³-hybridized carbons (Fsp3) is 0.375. The monoisotopic (exact) mass is 269 g/mol. The standard InChI is InChI=1S/C16H19N3O/c1-20-15-6-2-12(3-7-15)10-16-17-9-8-14(19-16)11-18-13-4-5-13/h2-3,6-9,13,18H,4-5,10-11H2,1H3. The van der Waals surface area contributed by atoms with Gasteiger partial charge in [-0.25, -0.2) is 9.97 Å². The number of nitrogens with zero attached hydrogens (tertiary/aromatic N) is 2. The van der Waals surface area contributed by atoms with Crippen LogP contribution in [0.4, 0.5) is 0 Å². The fourth-order valence-electron chi connectivity index (χ4n) is 2.09. The largest absolute Gasteiger partial charge is 0.497 e. The number of aromatic nitrogens is 2. The summed E-state index contributed by atoms with van der Waals surface area (Å²) in [6.07, 6.45) is 5.19. The zero-order valence-corrected chi connectivity index (χ0v) is 11.7. The summed E-state index contributed by atoms with van der Waals surface area (Å²) < 4.78 is 5.16. The lowest BCUT2D eigenvalue weighted by Gasteiger charge is -2.06. The molecule has 0 radical (unpaired) electrons. The van der Waals surface area contributed by atoms with Crippen LogP contribution in [-0.2, 0) is 13.0 Å². The van der Waals surface area contributed by atoms with E-state index in [9.17, 15) is 0 Å². The van der Waals surface area contributed by atoms with E-state index in [0.29, 0.717) is 6.04 Å². The highest BCUT2D eigenvalue weighted by molar-refractivity contribution is 5.28. The summed E-state index contributed by atoms with van der Waals surface area (Å²) in [6, 6.07) is 10.7. The van der Waals surface area contributed by atoms with Gasteiger partial charge in [-0.05, 0) is 36.6 Å². The molecular formula is C16H19N3O. The molecule has 1 fully saturated rings. The minimum atomic E-state index is 0.704. The summed E-state index contributed by atoms with van der Waals surface area (Å²) in [4.78, 5) is 8.96. The maximum absolute atomic E-state index is 5.16. The minimum Gasteiger partial charge on any atom is -0.497 e. The zero-order chi connectivity index (χ0) is 13.8. The molecule has 1 aliphatic carbocycles. The average molecular weight is 269 g/mol. The molecular weight excluding hydrogens is 250 g/mol. The van der Waals surface area contributed by atoms with E-state index in [4.69, 9.17) is 4.74 Å². The molecule has 0 amide bonds. The number of hydrogen-bond acceptors (Lipinski definition) is 4. The maximum Gasteiger partial charge on any atom is 0.132 e. The maximum atomic E-state index is 5.16. The van der Waals surface area contributed by atoms with Gasteiger partial charge < -0.3 is 10.1 Å². The van der Waals surface area contributed by atoms with Crippen molar-refractivity contribution in [2.45, 2.75) is 31.8 Å². The lowest BCUT2D eigenvalue weighted by atomic mass is 10.1. The van der Waals surface area contributed by atoms with Crippen molar-refractivity contribution in [3.8, 4) is 5.75 Å². The van der Waals surface area contributed by atoms with Crippen molar-refractivity contribution in [1.82, 2.24) is 15.3 Å². The molecule has 3 rings (SSSR count). The summed E-state index contributed by atoms with van der Waals surface area (Å²) >= 11 is 0. The normalized spacial score (nSPS) is 14.2. The Balaban J connectivity index is 1.64. The number of hydrogen-bond donors (Lipinski definition) is 1. The second-order valence-corrected chi connectivity index (χ2v) is 5.14. The van der Waals surface area contributed by atoms with Crippen molar-refractivity contribution in [1.29, 1.82) is 0 Å². The molecule has 0 spiro atoms. The van der Waals surface area contributed by atoms with E-state index >= 15 is 0 Å². The van der Waals surface area contributed by atoms with Crippen molar-refractivity contribution in [2.75, 3.05) is 7.11 Å². The summed E-state index contributed by atoms with van der Waals surface area (Å²) in [7, 11) is 1.68. The van der Waals surface area contributed by atoms with Gasteiger partial charge in [-0.3, -0.25) is 0 Å². The number of benzene rings is 1. The smallest absolute Gasteiger partial charge is 0.132 e. The second kappa shape index (κ2) is 6.01. The fourth-order valence-corrected chi connectivity index (χ4v) is 2.09. The van der Waals surface area contributed by atoms with Gasteiger partial charge in [0, 0.05) is 25.2 Å². The van der Waals surface area contributed by atoms with Gasteiger partial charge in [0.15, 0.2) is 0 Å². The minimum absolute atomic E-state index is 0.704. The van der Waals surface area contributed by atoms with Crippen LogP contribution < -0.4 is 10.1 Å². The Bertz CT molecular complexity index is 564. The molecule has 0 unspecified atom stereocenters. The highest BCUT2D eigenvalue weighted by Crippen LogP contribution is 2.19. The highest BCUT2D eigenvalue weighted by atomic mass is 16.5. The predicted molar refractivity (Wildman–Crippen MR) is 77.7 cm³/mol. The first-order valence-corrected chi connectivity index (χ1v) is 7.00. The van der Waals surface area contributed by atoms with Gasteiger partial charge >= 0.3 is 0 Å². The van der Waals surface area contributed by atoms with Crippen LogP contribution in [0, 0.1) is 0 Å². The van der Waals surface area contributed by atoms with Crippen LogP contribution in [0.15, 0.2) is 36.5 Å². The van der Waals surface area contributed by atoms with Crippen LogP contribution in [0.2, 0.25) is 0 Å². The third-order valence-electron chi connectivity index (χ3n) is 3.43. The summed E-state index contributed by atoms with van der Waals surface area (Å²) in [6.45, 7) is 0.836. The SMILES string of the molecule is COc1ccc(Cc2nccc(CNC3CC3)n2)cc1. The van der Waals surface area contributed by atoms with Crippen LogP contribution in [0.3, 0.4) is 0 Å². The van der Waals surface area contributed by atoms with Crippen molar-refractivity contribution in [3.63, 3.8) is 0 Å². The predicted octanol–water partition coefficient (Wildman–Crippen LogP) is 2.33. The average Bonchev–Trinajstić information content (AvgIpc) is 3.31. The Morgan fingerprint density at radius 2 is 2.00 bits per heavy atom. The van der Waals surface area contributed by atoms with Gasteiger partial charge in [-0.1, -0.05) is 12.1 Å². The summed E-state index contributed by atoms with van der Waals surface area (Å²) in [5.41, 5.74) is 2.26. The zero-order valence-electron chi connectivity index (χ0n) is 11.7. The Morgan fingerprint density at radius 3 is 2.70 bits per heavy atom. The Morgan fingerprint density at radius 1 is 1.20 bits per heavy atom. The molecule has 0 atom stereocenters. The van der Waals surface area contributed by atoms with Gasteiger partial charge in [0.2, 0.25) is 0 Å². The van der Waals surface area contributed by atoms with E-state index in [2.05, 4.69) is 27.4 Å². The van der Waals surface area contributed by atoms with Gasteiger partial charge in [0.1, 0.15) is 11.6 Å². The number of rotatable bonds is 6. The Kier molecular flexibility index (Phi) is 3.92. The summed E-state index contributed by atoms with van der Waals surface area (Å²) in [5, 5.41) is 3.47. The molecule has 104 valence electrons.